The third-order valence-electron chi connectivity index (χ3n) is 4.10. The zero-order chi connectivity index (χ0) is 12.1. The van der Waals surface area contributed by atoms with Gasteiger partial charge < -0.3 is 16.2 Å². The fraction of sp³-hybridized carbons (Fsp3) is 1.00. The average molecular weight is 228 g/mol. The number of hydrogen-bond acceptors (Lipinski definition) is 3. The quantitative estimate of drug-likeness (QED) is 0.666. The van der Waals surface area contributed by atoms with Crippen molar-refractivity contribution < 1.29 is 5.11 Å². The lowest BCUT2D eigenvalue weighted by Crippen LogP contribution is -2.51. The van der Waals surface area contributed by atoms with Gasteiger partial charge in [0.05, 0.1) is 6.10 Å². The number of nitrogens with one attached hydrogen (secondary N) is 1. The molecular formula is C13H28N2O. The SMILES string of the molecule is CCC1CCNC(C(O)C(CN)C(C)C)C1. The summed E-state index contributed by atoms with van der Waals surface area (Å²) >= 11 is 0. The van der Waals surface area contributed by atoms with E-state index in [1.54, 1.807) is 0 Å². The Morgan fingerprint density at radius 2 is 2.12 bits per heavy atom. The Hall–Kier alpha value is -0.120. The highest BCUT2D eigenvalue weighted by molar-refractivity contribution is 4.88. The van der Waals surface area contributed by atoms with E-state index in [1.165, 1.54) is 12.8 Å². The zero-order valence-corrected chi connectivity index (χ0v) is 10.9. The Morgan fingerprint density at radius 1 is 1.44 bits per heavy atom. The van der Waals surface area contributed by atoms with Crippen molar-refractivity contribution in [1.29, 1.82) is 0 Å². The number of nitrogens with two attached hydrogens (primary N) is 1. The van der Waals surface area contributed by atoms with Gasteiger partial charge in [0.15, 0.2) is 0 Å². The number of hydrogen-bond donors (Lipinski definition) is 3. The zero-order valence-electron chi connectivity index (χ0n) is 10.9. The summed E-state index contributed by atoms with van der Waals surface area (Å²) in [5, 5.41) is 13.8. The molecule has 0 saturated carbocycles. The van der Waals surface area contributed by atoms with Gasteiger partial charge in [0.25, 0.3) is 0 Å². The molecule has 0 radical (unpaired) electrons. The number of rotatable bonds is 5. The monoisotopic (exact) mass is 228 g/mol. The molecule has 96 valence electrons. The molecule has 0 aromatic carbocycles. The third-order valence-corrected chi connectivity index (χ3v) is 4.10. The first-order valence-electron chi connectivity index (χ1n) is 6.71. The summed E-state index contributed by atoms with van der Waals surface area (Å²) in [6, 6.07) is 0.245. The molecule has 0 bridgehead atoms. The molecule has 3 nitrogen and oxygen atoms in total. The minimum absolute atomic E-state index is 0.216. The summed E-state index contributed by atoms with van der Waals surface area (Å²) in [6.45, 7) is 8.13. The second kappa shape index (κ2) is 6.58. The first-order valence-corrected chi connectivity index (χ1v) is 6.71. The largest absolute Gasteiger partial charge is 0.391 e. The van der Waals surface area contributed by atoms with Crippen LogP contribution in [0, 0.1) is 17.8 Å². The van der Waals surface area contributed by atoms with Crippen LogP contribution >= 0.6 is 0 Å². The summed E-state index contributed by atoms with van der Waals surface area (Å²) < 4.78 is 0. The topological polar surface area (TPSA) is 58.3 Å². The molecule has 0 amide bonds. The van der Waals surface area contributed by atoms with E-state index in [1.807, 2.05) is 0 Å². The summed E-state index contributed by atoms with van der Waals surface area (Å²) in [5.74, 6) is 1.43. The Kier molecular flexibility index (Phi) is 5.73. The van der Waals surface area contributed by atoms with E-state index in [-0.39, 0.29) is 18.1 Å². The van der Waals surface area contributed by atoms with E-state index in [4.69, 9.17) is 5.73 Å². The Bertz CT molecular complexity index is 196. The van der Waals surface area contributed by atoms with Crippen LogP contribution in [0.2, 0.25) is 0 Å². The molecule has 0 aromatic heterocycles. The van der Waals surface area contributed by atoms with Gasteiger partial charge >= 0.3 is 0 Å². The lowest BCUT2D eigenvalue weighted by Gasteiger charge is -2.37. The van der Waals surface area contributed by atoms with Crippen LogP contribution in [0.15, 0.2) is 0 Å². The van der Waals surface area contributed by atoms with Crippen molar-refractivity contribution in [3.8, 4) is 0 Å². The fourth-order valence-corrected chi connectivity index (χ4v) is 2.77. The Morgan fingerprint density at radius 3 is 2.62 bits per heavy atom. The lowest BCUT2D eigenvalue weighted by atomic mass is 9.80. The number of aliphatic hydroxyl groups is 1. The van der Waals surface area contributed by atoms with Gasteiger partial charge in [0.1, 0.15) is 0 Å². The maximum Gasteiger partial charge on any atom is 0.0735 e. The van der Waals surface area contributed by atoms with Gasteiger partial charge in [-0.1, -0.05) is 27.2 Å². The van der Waals surface area contributed by atoms with E-state index in [2.05, 4.69) is 26.1 Å². The van der Waals surface area contributed by atoms with E-state index in [9.17, 15) is 5.11 Å². The lowest BCUT2D eigenvalue weighted by molar-refractivity contribution is 0.0330. The number of aliphatic hydroxyl groups excluding tert-OH is 1. The molecule has 0 aliphatic carbocycles. The minimum atomic E-state index is -0.292. The van der Waals surface area contributed by atoms with Crippen LogP contribution in [0.1, 0.15) is 40.0 Å². The highest BCUT2D eigenvalue weighted by Crippen LogP contribution is 2.25. The number of piperidine rings is 1. The molecule has 0 spiro atoms. The Labute approximate surface area is 99.8 Å². The van der Waals surface area contributed by atoms with E-state index in [0.717, 1.165) is 18.9 Å². The highest BCUT2D eigenvalue weighted by Gasteiger charge is 2.32. The van der Waals surface area contributed by atoms with Gasteiger partial charge in [-0.15, -0.1) is 0 Å². The van der Waals surface area contributed by atoms with Crippen LogP contribution in [0.5, 0.6) is 0 Å². The Balaban J connectivity index is 2.54. The smallest absolute Gasteiger partial charge is 0.0735 e. The van der Waals surface area contributed by atoms with Crippen molar-refractivity contribution in [3.05, 3.63) is 0 Å². The molecule has 1 fully saturated rings. The minimum Gasteiger partial charge on any atom is -0.391 e. The first kappa shape index (κ1) is 13.9. The van der Waals surface area contributed by atoms with Crippen molar-refractivity contribution in [2.75, 3.05) is 13.1 Å². The van der Waals surface area contributed by atoms with E-state index in [0.29, 0.717) is 12.5 Å². The molecule has 3 heteroatoms. The second-order valence-corrected chi connectivity index (χ2v) is 5.49. The molecule has 0 aromatic rings. The molecule has 1 aliphatic heterocycles. The maximum absolute atomic E-state index is 10.4. The summed E-state index contributed by atoms with van der Waals surface area (Å²) in [5.41, 5.74) is 5.76. The van der Waals surface area contributed by atoms with Crippen LogP contribution in [0.4, 0.5) is 0 Å². The molecule has 1 rings (SSSR count). The molecule has 16 heavy (non-hydrogen) atoms. The molecular weight excluding hydrogens is 200 g/mol. The van der Waals surface area contributed by atoms with Gasteiger partial charge in [-0.05, 0) is 37.8 Å². The predicted molar refractivity (Wildman–Crippen MR) is 68.2 cm³/mol. The van der Waals surface area contributed by atoms with Gasteiger partial charge in [-0.2, -0.15) is 0 Å². The van der Waals surface area contributed by atoms with Crippen LogP contribution in [0.25, 0.3) is 0 Å². The van der Waals surface area contributed by atoms with Crippen molar-refractivity contribution >= 4 is 0 Å². The summed E-state index contributed by atoms with van der Waals surface area (Å²) in [4.78, 5) is 0. The summed E-state index contributed by atoms with van der Waals surface area (Å²) in [6.07, 6.45) is 3.27. The van der Waals surface area contributed by atoms with E-state index >= 15 is 0 Å². The van der Waals surface area contributed by atoms with Gasteiger partial charge in [0.2, 0.25) is 0 Å². The van der Waals surface area contributed by atoms with Crippen LogP contribution in [0.3, 0.4) is 0 Å². The standard InChI is InChI=1S/C13H28N2O/c1-4-10-5-6-15-12(7-10)13(16)11(8-14)9(2)3/h9-13,15-16H,4-8,14H2,1-3H3. The van der Waals surface area contributed by atoms with Gasteiger partial charge in [-0.25, -0.2) is 0 Å². The molecule has 1 aliphatic rings. The van der Waals surface area contributed by atoms with Gasteiger partial charge in [0, 0.05) is 12.0 Å². The van der Waals surface area contributed by atoms with Crippen molar-refractivity contribution in [2.24, 2.45) is 23.5 Å². The normalized spacial score (nSPS) is 30.4. The van der Waals surface area contributed by atoms with Crippen molar-refractivity contribution in [3.63, 3.8) is 0 Å². The van der Waals surface area contributed by atoms with Crippen LogP contribution < -0.4 is 11.1 Å². The first-order chi connectivity index (χ1) is 7.60. The van der Waals surface area contributed by atoms with Crippen LogP contribution in [-0.2, 0) is 0 Å². The molecule has 1 heterocycles. The van der Waals surface area contributed by atoms with Gasteiger partial charge in [-0.3, -0.25) is 0 Å². The molecule has 4 atom stereocenters. The second-order valence-electron chi connectivity index (χ2n) is 5.49. The van der Waals surface area contributed by atoms with E-state index < -0.39 is 0 Å². The summed E-state index contributed by atoms with van der Waals surface area (Å²) in [7, 11) is 0. The third kappa shape index (κ3) is 3.44. The highest BCUT2D eigenvalue weighted by atomic mass is 16.3. The predicted octanol–water partition coefficient (Wildman–Crippen LogP) is 1.36. The van der Waals surface area contributed by atoms with Crippen LogP contribution in [-0.4, -0.2) is 30.3 Å². The molecule has 1 saturated heterocycles. The maximum atomic E-state index is 10.4. The average Bonchev–Trinajstić information content (AvgIpc) is 2.29. The fourth-order valence-electron chi connectivity index (χ4n) is 2.77. The van der Waals surface area contributed by atoms with Crippen molar-refractivity contribution in [1.82, 2.24) is 5.32 Å². The molecule has 4 N–H and O–H groups in total. The van der Waals surface area contributed by atoms with Crippen molar-refractivity contribution in [2.45, 2.75) is 52.2 Å². The molecule has 4 unspecified atom stereocenters.